The predicted molar refractivity (Wildman–Crippen MR) is 103 cm³/mol. The van der Waals surface area contributed by atoms with Crippen LogP contribution in [-0.4, -0.2) is 29.2 Å². The summed E-state index contributed by atoms with van der Waals surface area (Å²) >= 11 is 7.57. The minimum atomic E-state index is 0.309. The maximum absolute atomic E-state index is 6.13. The number of benzene rings is 1. The second-order valence-corrected chi connectivity index (χ2v) is 7.36. The SMILES string of the molecule is Cc1nc2ccccn2c1-c1nnc2sc(COc3ccccc3Cl)nn12. The molecule has 4 aromatic heterocycles. The topological polar surface area (TPSA) is 69.6 Å². The highest BCUT2D eigenvalue weighted by atomic mass is 35.5. The Morgan fingerprint density at radius 3 is 2.85 bits per heavy atom. The van der Waals surface area contributed by atoms with Crippen LogP contribution in [0.5, 0.6) is 5.75 Å². The van der Waals surface area contributed by atoms with Gasteiger partial charge in [-0.25, -0.2) is 4.98 Å². The van der Waals surface area contributed by atoms with Crippen LogP contribution in [0.3, 0.4) is 0 Å². The molecule has 0 aliphatic heterocycles. The molecule has 0 unspecified atom stereocenters. The lowest BCUT2D eigenvalue weighted by atomic mass is 10.3. The fourth-order valence-corrected chi connectivity index (χ4v) is 3.88. The number of fused-ring (bicyclic) bond motifs is 2. The first-order valence-corrected chi connectivity index (χ1v) is 9.42. The molecule has 5 aromatic rings. The second-order valence-electron chi connectivity index (χ2n) is 5.91. The molecule has 9 heteroatoms. The molecule has 0 amide bonds. The Morgan fingerprint density at radius 2 is 1.96 bits per heavy atom. The lowest BCUT2D eigenvalue weighted by Crippen LogP contribution is -1.99. The first-order chi connectivity index (χ1) is 13.2. The summed E-state index contributed by atoms with van der Waals surface area (Å²) in [5.41, 5.74) is 2.61. The van der Waals surface area contributed by atoms with E-state index in [2.05, 4.69) is 20.3 Å². The van der Waals surface area contributed by atoms with Crippen LogP contribution in [-0.2, 0) is 6.61 Å². The second kappa shape index (κ2) is 6.33. The minimum absolute atomic E-state index is 0.309. The molecule has 0 aliphatic carbocycles. The quantitative estimate of drug-likeness (QED) is 0.458. The zero-order valence-electron chi connectivity index (χ0n) is 14.2. The van der Waals surface area contributed by atoms with E-state index in [9.17, 15) is 0 Å². The van der Waals surface area contributed by atoms with E-state index in [0.29, 0.717) is 28.2 Å². The minimum Gasteiger partial charge on any atom is -0.485 e. The monoisotopic (exact) mass is 396 g/mol. The number of ether oxygens (including phenoxy) is 1. The van der Waals surface area contributed by atoms with Crippen molar-refractivity contribution in [3.05, 3.63) is 64.4 Å². The molecule has 0 radical (unpaired) electrons. The first kappa shape index (κ1) is 16.2. The van der Waals surface area contributed by atoms with Gasteiger partial charge >= 0.3 is 0 Å². The predicted octanol–water partition coefficient (Wildman–Crippen LogP) is 4.04. The molecule has 0 saturated carbocycles. The summed E-state index contributed by atoms with van der Waals surface area (Å²) in [4.78, 5) is 5.29. The normalized spacial score (nSPS) is 11.5. The highest BCUT2D eigenvalue weighted by molar-refractivity contribution is 7.16. The van der Waals surface area contributed by atoms with Crippen LogP contribution < -0.4 is 4.74 Å². The first-order valence-electron chi connectivity index (χ1n) is 8.23. The van der Waals surface area contributed by atoms with Crippen molar-refractivity contribution in [1.82, 2.24) is 29.2 Å². The summed E-state index contributed by atoms with van der Waals surface area (Å²) < 4.78 is 9.51. The maximum Gasteiger partial charge on any atom is 0.235 e. The molecule has 0 aliphatic rings. The Labute approximate surface area is 162 Å². The summed E-state index contributed by atoms with van der Waals surface area (Å²) in [7, 11) is 0. The molecule has 5 rings (SSSR count). The van der Waals surface area contributed by atoms with Gasteiger partial charge in [0.25, 0.3) is 0 Å². The molecule has 27 heavy (non-hydrogen) atoms. The van der Waals surface area contributed by atoms with Gasteiger partial charge in [-0.1, -0.05) is 41.1 Å². The lowest BCUT2D eigenvalue weighted by Gasteiger charge is -2.04. The standard InChI is InChI=1S/C18H13ClN6OS/c1-11-16(24-9-5-4-8-14(24)20-11)17-21-22-18-25(17)23-15(27-18)10-26-13-7-3-2-6-12(13)19/h2-9H,10H2,1H3. The number of pyridine rings is 1. The van der Waals surface area contributed by atoms with Crippen molar-refractivity contribution in [2.45, 2.75) is 13.5 Å². The van der Waals surface area contributed by atoms with Crippen LogP contribution in [0.1, 0.15) is 10.7 Å². The fraction of sp³-hybridized carbons (Fsp3) is 0.111. The lowest BCUT2D eigenvalue weighted by molar-refractivity contribution is 0.304. The third-order valence-electron chi connectivity index (χ3n) is 4.14. The Kier molecular flexibility index (Phi) is 3.80. The van der Waals surface area contributed by atoms with Gasteiger partial charge in [0.05, 0.1) is 10.7 Å². The van der Waals surface area contributed by atoms with E-state index in [1.54, 1.807) is 10.6 Å². The Morgan fingerprint density at radius 1 is 1.11 bits per heavy atom. The zero-order chi connectivity index (χ0) is 18.4. The van der Waals surface area contributed by atoms with Gasteiger partial charge in [0.2, 0.25) is 10.8 Å². The van der Waals surface area contributed by atoms with Crippen LogP contribution in [0, 0.1) is 6.92 Å². The van der Waals surface area contributed by atoms with E-state index >= 15 is 0 Å². The van der Waals surface area contributed by atoms with Crippen LogP contribution in [0.25, 0.3) is 22.1 Å². The van der Waals surface area contributed by atoms with E-state index in [0.717, 1.165) is 22.0 Å². The Bertz CT molecular complexity index is 1270. The van der Waals surface area contributed by atoms with Gasteiger partial charge < -0.3 is 4.74 Å². The summed E-state index contributed by atoms with van der Waals surface area (Å²) in [5, 5.41) is 14.6. The van der Waals surface area contributed by atoms with Gasteiger partial charge in [-0.3, -0.25) is 4.40 Å². The number of hydrogen-bond donors (Lipinski definition) is 0. The van der Waals surface area contributed by atoms with Gasteiger partial charge in [0.15, 0.2) is 5.01 Å². The Hall–Kier alpha value is -2.97. The highest BCUT2D eigenvalue weighted by Gasteiger charge is 2.19. The number of para-hydroxylation sites is 1. The Balaban J connectivity index is 1.52. The van der Waals surface area contributed by atoms with Gasteiger partial charge in [-0.2, -0.15) is 9.61 Å². The third kappa shape index (κ3) is 2.73. The number of aromatic nitrogens is 6. The molecule has 0 N–H and O–H groups in total. The zero-order valence-corrected chi connectivity index (χ0v) is 15.8. The molecule has 0 atom stereocenters. The molecule has 0 fully saturated rings. The molecule has 7 nitrogen and oxygen atoms in total. The largest absolute Gasteiger partial charge is 0.485 e. The number of halogens is 1. The van der Waals surface area contributed by atoms with E-state index in [1.807, 2.05) is 53.9 Å². The van der Waals surface area contributed by atoms with E-state index in [4.69, 9.17) is 16.3 Å². The van der Waals surface area contributed by atoms with Gasteiger partial charge in [0, 0.05) is 6.20 Å². The van der Waals surface area contributed by atoms with Crippen LogP contribution in [0.15, 0.2) is 48.7 Å². The number of hydrogen-bond acceptors (Lipinski definition) is 6. The van der Waals surface area contributed by atoms with Crippen molar-refractivity contribution in [2.75, 3.05) is 0 Å². The van der Waals surface area contributed by atoms with Crippen LogP contribution in [0.4, 0.5) is 0 Å². The van der Waals surface area contributed by atoms with E-state index < -0.39 is 0 Å². The molecule has 0 bridgehead atoms. The summed E-state index contributed by atoms with van der Waals surface area (Å²) in [6.07, 6.45) is 1.96. The average Bonchev–Trinajstić information content (AvgIpc) is 3.33. The molecule has 134 valence electrons. The van der Waals surface area contributed by atoms with E-state index in [-0.39, 0.29) is 0 Å². The highest BCUT2D eigenvalue weighted by Crippen LogP contribution is 2.27. The smallest absolute Gasteiger partial charge is 0.235 e. The van der Waals surface area contributed by atoms with Crippen molar-refractivity contribution in [3.63, 3.8) is 0 Å². The molecule has 0 saturated heterocycles. The van der Waals surface area contributed by atoms with Crippen molar-refractivity contribution in [2.24, 2.45) is 0 Å². The molecule has 1 aromatic carbocycles. The van der Waals surface area contributed by atoms with Gasteiger partial charge in [-0.15, -0.1) is 10.2 Å². The molecule has 4 heterocycles. The van der Waals surface area contributed by atoms with Crippen molar-refractivity contribution < 1.29 is 4.74 Å². The van der Waals surface area contributed by atoms with Crippen LogP contribution >= 0.6 is 22.9 Å². The number of aryl methyl sites for hydroxylation is 1. The van der Waals surface area contributed by atoms with Crippen LogP contribution in [0.2, 0.25) is 5.02 Å². The van der Waals surface area contributed by atoms with Crippen molar-refractivity contribution in [3.8, 4) is 17.3 Å². The third-order valence-corrected chi connectivity index (χ3v) is 5.32. The molecular weight excluding hydrogens is 384 g/mol. The number of imidazole rings is 1. The maximum atomic E-state index is 6.13. The summed E-state index contributed by atoms with van der Waals surface area (Å²) in [6.45, 7) is 2.26. The van der Waals surface area contributed by atoms with Gasteiger partial charge in [0.1, 0.15) is 23.7 Å². The average molecular weight is 397 g/mol. The van der Waals surface area contributed by atoms with Crippen molar-refractivity contribution in [1.29, 1.82) is 0 Å². The summed E-state index contributed by atoms with van der Waals surface area (Å²) in [5.74, 6) is 1.28. The molecule has 0 spiro atoms. The summed E-state index contributed by atoms with van der Waals surface area (Å²) in [6, 6.07) is 13.2. The van der Waals surface area contributed by atoms with Gasteiger partial charge in [-0.05, 0) is 31.2 Å². The van der Waals surface area contributed by atoms with Crippen molar-refractivity contribution >= 4 is 33.5 Å². The van der Waals surface area contributed by atoms with E-state index in [1.165, 1.54) is 11.3 Å². The number of nitrogens with zero attached hydrogens (tertiary/aromatic N) is 6. The number of rotatable bonds is 4. The molecular formula is C18H13ClN6OS. The fourth-order valence-electron chi connectivity index (χ4n) is 2.95.